The van der Waals surface area contributed by atoms with E-state index >= 15 is 0 Å². The van der Waals surface area contributed by atoms with Crippen LogP contribution in [0.3, 0.4) is 0 Å². The number of hydrogen-bond donors (Lipinski definition) is 1. The number of halogens is 1. The van der Waals surface area contributed by atoms with Crippen molar-refractivity contribution < 1.29 is 9.53 Å². The van der Waals surface area contributed by atoms with Gasteiger partial charge in [-0.3, -0.25) is 0 Å². The Balaban J connectivity index is 1.73. The van der Waals surface area contributed by atoms with Crippen LogP contribution in [0.5, 0.6) is 0 Å². The van der Waals surface area contributed by atoms with Gasteiger partial charge in [-0.1, -0.05) is 15.9 Å². The minimum absolute atomic E-state index is 0.247. The van der Waals surface area contributed by atoms with E-state index in [4.69, 9.17) is 4.74 Å². The van der Waals surface area contributed by atoms with Gasteiger partial charge >= 0.3 is 6.09 Å². The SMILES string of the molecule is CC(C)(C)OC(=O)N[C@H]1CC[C@H](Sc2ccc(Br)cc2)CC1. The van der Waals surface area contributed by atoms with E-state index in [2.05, 4.69) is 45.5 Å². The van der Waals surface area contributed by atoms with Crippen molar-refractivity contribution in [1.29, 1.82) is 0 Å². The first-order valence-corrected chi connectivity index (χ1v) is 9.41. The van der Waals surface area contributed by atoms with Gasteiger partial charge in [-0.25, -0.2) is 4.79 Å². The van der Waals surface area contributed by atoms with E-state index in [0.29, 0.717) is 5.25 Å². The molecular weight excluding hydrogens is 362 g/mol. The van der Waals surface area contributed by atoms with Gasteiger partial charge < -0.3 is 10.1 Å². The van der Waals surface area contributed by atoms with Crippen molar-refractivity contribution in [2.45, 2.75) is 68.2 Å². The summed E-state index contributed by atoms with van der Waals surface area (Å²) in [5.74, 6) is 0. The molecule has 1 amide bonds. The fourth-order valence-electron chi connectivity index (χ4n) is 2.50. The predicted octanol–water partition coefficient (Wildman–Crippen LogP) is 5.38. The Kier molecular flexibility index (Phi) is 6.21. The highest BCUT2D eigenvalue weighted by atomic mass is 79.9. The summed E-state index contributed by atoms with van der Waals surface area (Å²) in [5.41, 5.74) is -0.432. The topological polar surface area (TPSA) is 38.3 Å². The van der Waals surface area contributed by atoms with Crippen LogP contribution < -0.4 is 5.32 Å². The minimum Gasteiger partial charge on any atom is -0.444 e. The third-order valence-corrected chi connectivity index (χ3v) is 5.39. The number of alkyl carbamates (subject to hydrolysis) is 1. The molecule has 0 radical (unpaired) electrons. The van der Waals surface area contributed by atoms with Crippen LogP contribution in [0, 0.1) is 0 Å². The van der Waals surface area contributed by atoms with E-state index in [1.807, 2.05) is 32.5 Å². The van der Waals surface area contributed by atoms with E-state index in [1.165, 1.54) is 4.90 Å². The Morgan fingerprint density at radius 1 is 1.18 bits per heavy atom. The maximum atomic E-state index is 11.8. The first-order chi connectivity index (χ1) is 10.3. The van der Waals surface area contributed by atoms with Gasteiger partial charge in [0.25, 0.3) is 0 Å². The molecule has 1 saturated carbocycles. The van der Waals surface area contributed by atoms with Gasteiger partial charge in [0.2, 0.25) is 0 Å². The second-order valence-corrected chi connectivity index (χ2v) is 8.98. The highest BCUT2D eigenvalue weighted by Crippen LogP contribution is 2.34. The predicted molar refractivity (Wildman–Crippen MR) is 95.4 cm³/mol. The molecule has 0 aromatic heterocycles. The monoisotopic (exact) mass is 385 g/mol. The van der Waals surface area contributed by atoms with Gasteiger partial charge in [-0.05, 0) is 70.7 Å². The van der Waals surface area contributed by atoms with Crippen molar-refractivity contribution in [3.05, 3.63) is 28.7 Å². The first kappa shape index (κ1) is 17.7. The maximum absolute atomic E-state index is 11.8. The van der Waals surface area contributed by atoms with Crippen molar-refractivity contribution >= 4 is 33.8 Å². The van der Waals surface area contributed by atoms with Crippen LogP contribution in [0.15, 0.2) is 33.6 Å². The van der Waals surface area contributed by atoms with E-state index < -0.39 is 5.60 Å². The van der Waals surface area contributed by atoms with Gasteiger partial charge in [0, 0.05) is 20.7 Å². The largest absolute Gasteiger partial charge is 0.444 e. The minimum atomic E-state index is -0.432. The molecule has 0 atom stereocenters. The molecule has 2 rings (SSSR count). The molecule has 0 heterocycles. The lowest BCUT2D eigenvalue weighted by Crippen LogP contribution is -2.41. The lowest BCUT2D eigenvalue weighted by atomic mass is 9.95. The second kappa shape index (κ2) is 7.73. The van der Waals surface area contributed by atoms with Crippen molar-refractivity contribution in [3.8, 4) is 0 Å². The molecule has 0 aliphatic heterocycles. The summed E-state index contributed by atoms with van der Waals surface area (Å²) >= 11 is 5.40. The summed E-state index contributed by atoms with van der Waals surface area (Å²) in [4.78, 5) is 13.1. The molecule has 3 nitrogen and oxygen atoms in total. The van der Waals surface area contributed by atoms with Crippen LogP contribution >= 0.6 is 27.7 Å². The molecule has 0 bridgehead atoms. The van der Waals surface area contributed by atoms with Gasteiger partial charge in [0.1, 0.15) is 5.60 Å². The summed E-state index contributed by atoms with van der Waals surface area (Å²) in [6.07, 6.45) is 4.00. The van der Waals surface area contributed by atoms with Crippen molar-refractivity contribution in [2.24, 2.45) is 0 Å². The maximum Gasteiger partial charge on any atom is 0.407 e. The number of nitrogens with one attached hydrogen (secondary N) is 1. The average Bonchev–Trinajstić information content (AvgIpc) is 2.41. The molecule has 0 spiro atoms. The lowest BCUT2D eigenvalue weighted by Gasteiger charge is -2.29. The Bertz CT molecular complexity index is 490. The highest BCUT2D eigenvalue weighted by Gasteiger charge is 2.25. The first-order valence-electron chi connectivity index (χ1n) is 7.73. The lowest BCUT2D eigenvalue weighted by molar-refractivity contribution is 0.0493. The third-order valence-electron chi connectivity index (χ3n) is 3.51. The number of carbonyl (C=O) groups excluding carboxylic acids is 1. The number of ether oxygens (including phenoxy) is 1. The van der Waals surface area contributed by atoms with Gasteiger partial charge in [-0.15, -0.1) is 11.8 Å². The van der Waals surface area contributed by atoms with Gasteiger partial charge in [0.15, 0.2) is 0 Å². The van der Waals surface area contributed by atoms with Crippen LogP contribution in [0.4, 0.5) is 4.79 Å². The van der Waals surface area contributed by atoms with E-state index in [1.54, 1.807) is 0 Å². The molecule has 0 unspecified atom stereocenters. The molecule has 5 heteroatoms. The third kappa shape index (κ3) is 6.21. The molecule has 1 aliphatic rings. The van der Waals surface area contributed by atoms with Crippen LogP contribution in [0.1, 0.15) is 46.5 Å². The van der Waals surface area contributed by atoms with Crippen LogP contribution in [-0.4, -0.2) is 23.0 Å². The van der Waals surface area contributed by atoms with Gasteiger partial charge in [0.05, 0.1) is 0 Å². The van der Waals surface area contributed by atoms with Crippen LogP contribution in [0.25, 0.3) is 0 Å². The number of benzene rings is 1. The van der Waals surface area contributed by atoms with Crippen molar-refractivity contribution in [2.75, 3.05) is 0 Å². The summed E-state index contributed by atoms with van der Waals surface area (Å²) in [5, 5.41) is 3.63. The fourth-order valence-corrected chi connectivity index (χ4v) is 3.96. The number of hydrogen-bond acceptors (Lipinski definition) is 3. The molecule has 122 valence electrons. The Labute approximate surface area is 145 Å². The standard InChI is InChI=1S/C17H24BrNO2S/c1-17(2,3)21-16(20)19-13-6-10-15(11-7-13)22-14-8-4-12(18)5-9-14/h4-5,8-9,13,15H,6-7,10-11H2,1-3H3,(H,19,20)/t13-,15-. The molecule has 1 N–H and O–H groups in total. The second-order valence-electron chi connectivity index (χ2n) is 6.69. The number of rotatable bonds is 3. The number of amides is 1. The Morgan fingerprint density at radius 2 is 1.77 bits per heavy atom. The summed E-state index contributed by atoms with van der Waals surface area (Å²) in [6, 6.07) is 8.71. The summed E-state index contributed by atoms with van der Waals surface area (Å²) in [6.45, 7) is 5.66. The molecule has 1 aromatic rings. The molecular formula is C17H24BrNO2S. The van der Waals surface area contributed by atoms with E-state index in [-0.39, 0.29) is 12.1 Å². The fraction of sp³-hybridized carbons (Fsp3) is 0.588. The van der Waals surface area contributed by atoms with E-state index in [0.717, 1.165) is 30.2 Å². The van der Waals surface area contributed by atoms with Crippen LogP contribution in [-0.2, 0) is 4.74 Å². The normalized spacial score (nSPS) is 22.2. The van der Waals surface area contributed by atoms with Gasteiger partial charge in [-0.2, -0.15) is 0 Å². The van der Waals surface area contributed by atoms with Crippen molar-refractivity contribution in [3.63, 3.8) is 0 Å². The zero-order valence-corrected chi connectivity index (χ0v) is 15.8. The quantitative estimate of drug-likeness (QED) is 0.758. The smallest absolute Gasteiger partial charge is 0.407 e. The Morgan fingerprint density at radius 3 is 2.32 bits per heavy atom. The molecule has 1 fully saturated rings. The highest BCUT2D eigenvalue weighted by molar-refractivity contribution is 9.10. The molecule has 1 aromatic carbocycles. The Hall–Kier alpha value is -0.680. The average molecular weight is 386 g/mol. The summed E-state index contributed by atoms with van der Waals surface area (Å²) in [7, 11) is 0. The van der Waals surface area contributed by atoms with Crippen LogP contribution in [0.2, 0.25) is 0 Å². The molecule has 22 heavy (non-hydrogen) atoms. The zero-order chi connectivity index (χ0) is 16.2. The summed E-state index contributed by atoms with van der Waals surface area (Å²) < 4.78 is 6.43. The van der Waals surface area contributed by atoms with Crippen molar-refractivity contribution in [1.82, 2.24) is 5.32 Å². The molecule has 0 saturated heterocycles. The molecule has 1 aliphatic carbocycles. The number of carbonyl (C=O) groups is 1. The zero-order valence-electron chi connectivity index (χ0n) is 13.4. The number of thioether (sulfide) groups is 1. The van der Waals surface area contributed by atoms with E-state index in [9.17, 15) is 4.79 Å².